The fourth-order valence-electron chi connectivity index (χ4n) is 1.02. The third kappa shape index (κ3) is 3.06. The molecule has 16 heavy (non-hydrogen) atoms. The van der Waals surface area contributed by atoms with Crippen molar-refractivity contribution in [2.24, 2.45) is 0 Å². The molecule has 0 saturated heterocycles. The van der Waals surface area contributed by atoms with E-state index in [1.165, 1.54) is 12.1 Å². The highest BCUT2D eigenvalue weighted by atomic mass is 19.1. The van der Waals surface area contributed by atoms with Crippen molar-refractivity contribution in [3.63, 3.8) is 0 Å². The first-order valence-corrected chi connectivity index (χ1v) is 4.24. The van der Waals surface area contributed by atoms with Gasteiger partial charge in [-0.25, -0.2) is 4.39 Å². The quantitative estimate of drug-likeness (QED) is 0.749. The lowest BCUT2D eigenvalue weighted by atomic mass is 10.2. The maximum atomic E-state index is 13.2. The van der Waals surface area contributed by atoms with Crippen molar-refractivity contribution in [1.82, 2.24) is 0 Å². The molecule has 0 aliphatic carbocycles. The number of nitrogens with one attached hydrogen (secondary N) is 1. The Morgan fingerprint density at radius 2 is 2.19 bits per heavy atom. The van der Waals surface area contributed by atoms with Gasteiger partial charge in [0.15, 0.2) is 0 Å². The van der Waals surface area contributed by atoms with Crippen LogP contribution in [0.25, 0.3) is 0 Å². The first-order chi connectivity index (χ1) is 7.52. The van der Waals surface area contributed by atoms with E-state index >= 15 is 0 Å². The molecule has 0 heterocycles. The van der Waals surface area contributed by atoms with Gasteiger partial charge in [0.25, 0.3) is 0 Å². The number of hydrogen-bond acceptors (Lipinski definition) is 3. The number of aliphatic carboxylic acids is 1. The summed E-state index contributed by atoms with van der Waals surface area (Å²) in [7, 11) is 0. The topological polar surface area (TPSA) is 90.2 Å². The van der Waals surface area contributed by atoms with E-state index in [-0.39, 0.29) is 11.3 Å². The summed E-state index contributed by atoms with van der Waals surface area (Å²) in [6.07, 6.45) is -0.737. The fraction of sp³-hybridized carbons (Fsp3) is 0.100. The second-order valence-electron chi connectivity index (χ2n) is 2.93. The number of carboxylic acid groups (broad SMARTS) is 1. The van der Waals surface area contributed by atoms with Gasteiger partial charge in [-0.2, -0.15) is 5.26 Å². The molecule has 0 unspecified atom stereocenters. The summed E-state index contributed by atoms with van der Waals surface area (Å²) >= 11 is 0. The molecule has 1 rings (SSSR count). The minimum absolute atomic E-state index is 0.119. The highest BCUT2D eigenvalue weighted by Crippen LogP contribution is 2.15. The second kappa shape index (κ2) is 4.89. The number of nitrogens with zero attached hydrogens (tertiary/aromatic N) is 1. The van der Waals surface area contributed by atoms with E-state index in [9.17, 15) is 14.0 Å². The van der Waals surface area contributed by atoms with Gasteiger partial charge in [-0.15, -0.1) is 0 Å². The lowest BCUT2D eigenvalue weighted by molar-refractivity contribution is -0.139. The lowest BCUT2D eigenvalue weighted by Gasteiger charge is -2.04. The van der Waals surface area contributed by atoms with Gasteiger partial charge in [0.2, 0.25) is 5.91 Å². The van der Waals surface area contributed by atoms with Crippen molar-refractivity contribution in [3.05, 3.63) is 29.6 Å². The minimum Gasteiger partial charge on any atom is -0.481 e. The standard InChI is InChI=1S/C10H7FN2O3/c11-7-3-6(5-12)1-2-8(7)13-9(14)4-10(15)16/h1-3H,4H2,(H,13,14)(H,15,16). The van der Waals surface area contributed by atoms with E-state index in [2.05, 4.69) is 5.32 Å². The molecule has 5 nitrogen and oxygen atoms in total. The number of nitriles is 1. The molecule has 0 radical (unpaired) electrons. The van der Waals surface area contributed by atoms with E-state index in [4.69, 9.17) is 10.4 Å². The molecule has 0 bridgehead atoms. The van der Waals surface area contributed by atoms with Crippen LogP contribution in [0.3, 0.4) is 0 Å². The minimum atomic E-state index is -1.30. The highest BCUT2D eigenvalue weighted by molar-refractivity contribution is 6.01. The number of halogens is 1. The maximum absolute atomic E-state index is 13.2. The zero-order chi connectivity index (χ0) is 12.1. The van der Waals surface area contributed by atoms with Crippen LogP contribution in [-0.4, -0.2) is 17.0 Å². The fourth-order valence-corrected chi connectivity index (χ4v) is 1.02. The molecule has 0 atom stereocenters. The second-order valence-corrected chi connectivity index (χ2v) is 2.93. The largest absolute Gasteiger partial charge is 0.481 e. The van der Waals surface area contributed by atoms with E-state index in [1.807, 2.05) is 0 Å². The van der Waals surface area contributed by atoms with Crippen LogP contribution in [0.1, 0.15) is 12.0 Å². The van der Waals surface area contributed by atoms with E-state index < -0.39 is 24.1 Å². The monoisotopic (exact) mass is 222 g/mol. The van der Waals surface area contributed by atoms with Crippen molar-refractivity contribution >= 4 is 17.6 Å². The summed E-state index contributed by atoms with van der Waals surface area (Å²) in [6, 6.07) is 5.21. The predicted molar refractivity (Wildman–Crippen MR) is 52.0 cm³/mol. The Balaban J connectivity index is 2.79. The van der Waals surface area contributed by atoms with Crippen molar-refractivity contribution in [2.45, 2.75) is 6.42 Å². The first kappa shape index (κ1) is 11.7. The Bertz CT molecular complexity index is 479. The molecule has 6 heteroatoms. The molecular weight excluding hydrogens is 215 g/mol. The smallest absolute Gasteiger partial charge is 0.312 e. The number of carbonyl (C=O) groups excluding carboxylic acids is 1. The van der Waals surface area contributed by atoms with Gasteiger partial charge < -0.3 is 10.4 Å². The van der Waals surface area contributed by atoms with Crippen LogP contribution < -0.4 is 5.32 Å². The Morgan fingerprint density at radius 1 is 1.50 bits per heavy atom. The molecule has 1 amide bonds. The third-order valence-corrected chi connectivity index (χ3v) is 1.68. The van der Waals surface area contributed by atoms with Crippen LogP contribution in [0, 0.1) is 17.1 Å². The number of amides is 1. The zero-order valence-corrected chi connectivity index (χ0v) is 8.03. The highest BCUT2D eigenvalue weighted by Gasteiger charge is 2.10. The number of hydrogen-bond donors (Lipinski definition) is 2. The number of carboxylic acids is 1. The van der Waals surface area contributed by atoms with E-state index in [0.29, 0.717) is 0 Å². The molecule has 0 aliphatic rings. The Hall–Kier alpha value is -2.42. The number of carbonyl (C=O) groups is 2. The number of benzene rings is 1. The normalized spacial score (nSPS) is 9.25. The van der Waals surface area contributed by atoms with Gasteiger partial charge in [0, 0.05) is 0 Å². The van der Waals surface area contributed by atoms with Crippen molar-refractivity contribution in [2.75, 3.05) is 5.32 Å². The van der Waals surface area contributed by atoms with Crippen LogP contribution in [0.15, 0.2) is 18.2 Å². The van der Waals surface area contributed by atoms with Gasteiger partial charge in [-0.3, -0.25) is 9.59 Å². The third-order valence-electron chi connectivity index (χ3n) is 1.68. The molecule has 0 aliphatic heterocycles. The van der Waals surface area contributed by atoms with Gasteiger partial charge in [0.05, 0.1) is 17.3 Å². The molecule has 0 fully saturated rings. The van der Waals surface area contributed by atoms with Crippen molar-refractivity contribution in [1.29, 1.82) is 5.26 Å². The number of rotatable bonds is 3. The van der Waals surface area contributed by atoms with E-state index in [0.717, 1.165) is 6.07 Å². The average molecular weight is 222 g/mol. The van der Waals surface area contributed by atoms with Crippen molar-refractivity contribution in [3.8, 4) is 6.07 Å². The van der Waals surface area contributed by atoms with Crippen molar-refractivity contribution < 1.29 is 19.1 Å². The molecule has 82 valence electrons. The summed E-state index contributed by atoms with van der Waals surface area (Å²) in [5.41, 5.74) is -0.0287. The molecular formula is C10H7FN2O3. The molecule has 2 N–H and O–H groups in total. The molecule has 0 saturated carbocycles. The van der Waals surface area contributed by atoms with Crippen LogP contribution in [0.5, 0.6) is 0 Å². The summed E-state index contributed by atoms with van der Waals surface area (Å²) < 4.78 is 13.2. The molecule has 0 spiro atoms. The van der Waals surface area contributed by atoms with Crippen LogP contribution >= 0.6 is 0 Å². The summed E-state index contributed by atoms with van der Waals surface area (Å²) in [5, 5.41) is 18.9. The number of anilines is 1. The van der Waals surface area contributed by atoms with Gasteiger partial charge in [0.1, 0.15) is 12.2 Å². The summed E-state index contributed by atoms with van der Waals surface area (Å²) in [4.78, 5) is 21.2. The van der Waals surface area contributed by atoms with Gasteiger partial charge in [-0.05, 0) is 18.2 Å². The van der Waals surface area contributed by atoms with Crippen LogP contribution in [0.4, 0.5) is 10.1 Å². The SMILES string of the molecule is N#Cc1ccc(NC(=O)CC(=O)O)c(F)c1. The van der Waals surface area contributed by atoms with E-state index in [1.54, 1.807) is 6.07 Å². The molecule has 1 aromatic carbocycles. The molecule has 0 aromatic heterocycles. The van der Waals surface area contributed by atoms with Gasteiger partial charge >= 0.3 is 5.97 Å². The Labute approximate surface area is 90.1 Å². The summed E-state index contributed by atoms with van der Waals surface area (Å²) in [5.74, 6) is -2.90. The van der Waals surface area contributed by atoms with Crippen LogP contribution in [-0.2, 0) is 9.59 Å². The zero-order valence-electron chi connectivity index (χ0n) is 8.03. The van der Waals surface area contributed by atoms with Crippen LogP contribution in [0.2, 0.25) is 0 Å². The van der Waals surface area contributed by atoms with Gasteiger partial charge in [-0.1, -0.05) is 0 Å². The Morgan fingerprint density at radius 3 is 2.69 bits per heavy atom. The predicted octanol–water partition coefficient (Wildman–Crippen LogP) is 1.11. The maximum Gasteiger partial charge on any atom is 0.312 e. The summed E-state index contributed by atoms with van der Waals surface area (Å²) in [6.45, 7) is 0. The average Bonchev–Trinajstić information content (AvgIpc) is 2.19. The Kier molecular flexibility index (Phi) is 3.56. The lowest BCUT2D eigenvalue weighted by Crippen LogP contribution is -2.16. The first-order valence-electron chi connectivity index (χ1n) is 4.24. The molecule has 1 aromatic rings.